The normalized spacial score (nSPS) is 12.0. The third kappa shape index (κ3) is 3.75. The van der Waals surface area contributed by atoms with Crippen molar-refractivity contribution in [3.63, 3.8) is 0 Å². The van der Waals surface area contributed by atoms with Crippen LogP contribution in [0.25, 0.3) is 0 Å². The Morgan fingerprint density at radius 3 is 2.76 bits per heavy atom. The van der Waals surface area contributed by atoms with E-state index in [1.807, 2.05) is 32.0 Å². The average molecular weight is 237 g/mol. The lowest BCUT2D eigenvalue weighted by Crippen LogP contribution is -2.26. The van der Waals surface area contributed by atoms with Gasteiger partial charge in [0.15, 0.2) is 0 Å². The van der Waals surface area contributed by atoms with Crippen LogP contribution < -0.4 is 10.1 Å². The predicted molar refractivity (Wildman–Crippen MR) is 67.4 cm³/mol. The van der Waals surface area contributed by atoms with E-state index in [-0.39, 0.29) is 5.91 Å². The zero-order valence-corrected chi connectivity index (χ0v) is 10.7. The summed E-state index contributed by atoms with van der Waals surface area (Å²) in [6.45, 7) is 6.15. The summed E-state index contributed by atoms with van der Waals surface area (Å²) in [5, 5.41) is 2.78. The van der Waals surface area contributed by atoms with Gasteiger partial charge in [-0.1, -0.05) is 6.07 Å². The van der Waals surface area contributed by atoms with E-state index >= 15 is 0 Å². The molecule has 1 aromatic carbocycles. The van der Waals surface area contributed by atoms with Gasteiger partial charge in [0.1, 0.15) is 11.9 Å². The van der Waals surface area contributed by atoms with Crippen LogP contribution in [0, 0.1) is 6.92 Å². The van der Waals surface area contributed by atoms with Crippen LogP contribution in [0.3, 0.4) is 0 Å². The fourth-order valence-corrected chi connectivity index (χ4v) is 1.35. The van der Waals surface area contributed by atoms with Gasteiger partial charge in [-0.3, -0.25) is 4.79 Å². The zero-order chi connectivity index (χ0) is 12.8. The van der Waals surface area contributed by atoms with Gasteiger partial charge < -0.3 is 14.8 Å². The van der Waals surface area contributed by atoms with Crippen LogP contribution in [0.15, 0.2) is 18.2 Å². The second kappa shape index (κ2) is 6.25. The molecule has 4 nitrogen and oxygen atoms in total. The highest BCUT2D eigenvalue weighted by Gasteiger charge is 2.14. The van der Waals surface area contributed by atoms with Crippen molar-refractivity contribution in [2.45, 2.75) is 26.9 Å². The largest absolute Gasteiger partial charge is 0.492 e. The molecule has 17 heavy (non-hydrogen) atoms. The van der Waals surface area contributed by atoms with Crippen LogP contribution in [0.4, 0.5) is 5.69 Å². The number of hydrogen-bond donors (Lipinski definition) is 1. The fourth-order valence-electron chi connectivity index (χ4n) is 1.35. The van der Waals surface area contributed by atoms with Crippen LogP contribution in [0.1, 0.15) is 19.4 Å². The molecular formula is C13H19NO3. The zero-order valence-electron chi connectivity index (χ0n) is 10.7. The Kier molecular flexibility index (Phi) is 4.97. The number of nitrogens with one attached hydrogen (secondary N) is 1. The molecule has 4 heteroatoms. The molecule has 0 aliphatic heterocycles. The molecule has 1 atom stereocenters. The molecule has 1 rings (SSSR count). The smallest absolute Gasteiger partial charge is 0.253 e. The Bertz CT molecular complexity index is 390. The molecule has 0 fully saturated rings. The number of benzene rings is 1. The van der Waals surface area contributed by atoms with Gasteiger partial charge in [0, 0.05) is 7.11 Å². The molecule has 0 aliphatic carbocycles. The molecule has 1 N–H and O–H groups in total. The number of hydrogen-bond acceptors (Lipinski definition) is 3. The molecule has 0 saturated heterocycles. The van der Waals surface area contributed by atoms with Gasteiger partial charge in [-0.2, -0.15) is 0 Å². The Morgan fingerprint density at radius 2 is 2.18 bits per heavy atom. The monoisotopic (exact) mass is 237 g/mol. The van der Waals surface area contributed by atoms with Crippen molar-refractivity contribution in [2.24, 2.45) is 0 Å². The molecule has 0 heterocycles. The minimum Gasteiger partial charge on any atom is -0.492 e. The van der Waals surface area contributed by atoms with Crippen LogP contribution in [0.5, 0.6) is 5.75 Å². The van der Waals surface area contributed by atoms with Crippen molar-refractivity contribution >= 4 is 11.6 Å². The molecule has 0 bridgehead atoms. The quantitative estimate of drug-likeness (QED) is 0.855. The molecule has 0 aromatic heterocycles. The van der Waals surface area contributed by atoms with Crippen molar-refractivity contribution in [1.29, 1.82) is 0 Å². The van der Waals surface area contributed by atoms with E-state index in [1.165, 1.54) is 7.11 Å². The summed E-state index contributed by atoms with van der Waals surface area (Å²) in [6, 6.07) is 5.66. The summed E-state index contributed by atoms with van der Waals surface area (Å²) < 4.78 is 10.4. The van der Waals surface area contributed by atoms with Crippen molar-refractivity contribution in [2.75, 3.05) is 19.0 Å². The van der Waals surface area contributed by atoms with Gasteiger partial charge in [0.05, 0.1) is 12.3 Å². The number of carbonyl (C=O) groups excluding carboxylic acids is 1. The first-order chi connectivity index (χ1) is 8.08. The molecule has 1 aromatic rings. The van der Waals surface area contributed by atoms with Gasteiger partial charge in [-0.15, -0.1) is 0 Å². The number of ether oxygens (including phenoxy) is 2. The topological polar surface area (TPSA) is 47.6 Å². The molecule has 0 radical (unpaired) electrons. The summed E-state index contributed by atoms with van der Waals surface area (Å²) in [7, 11) is 1.50. The summed E-state index contributed by atoms with van der Waals surface area (Å²) in [4.78, 5) is 11.7. The van der Waals surface area contributed by atoms with Crippen LogP contribution in [-0.4, -0.2) is 25.7 Å². The van der Waals surface area contributed by atoms with Crippen molar-refractivity contribution in [3.05, 3.63) is 23.8 Å². The first kappa shape index (κ1) is 13.5. The first-order valence-corrected chi connectivity index (χ1v) is 5.65. The lowest BCUT2D eigenvalue weighted by Gasteiger charge is -2.14. The predicted octanol–water partition coefficient (Wildman–Crippen LogP) is 2.37. The van der Waals surface area contributed by atoms with Crippen LogP contribution in [-0.2, 0) is 9.53 Å². The maximum absolute atomic E-state index is 11.7. The third-order valence-electron chi connectivity index (χ3n) is 2.42. The molecule has 0 saturated carbocycles. The van der Waals surface area contributed by atoms with Crippen molar-refractivity contribution in [3.8, 4) is 5.75 Å². The van der Waals surface area contributed by atoms with E-state index in [0.717, 1.165) is 5.56 Å². The number of carbonyl (C=O) groups is 1. The van der Waals surface area contributed by atoms with Gasteiger partial charge in [-0.05, 0) is 38.5 Å². The highest BCUT2D eigenvalue weighted by Crippen LogP contribution is 2.25. The molecule has 0 spiro atoms. The summed E-state index contributed by atoms with van der Waals surface area (Å²) in [6.07, 6.45) is -0.481. The maximum Gasteiger partial charge on any atom is 0.253 e. The van der Waals surface area contributed by atoms with Gasteiger partial charge in [-0.25, -0.2) is 0 Å². The van der Waals surface area contributed by atoms with E-state index in [0.29, 0.717) is 18.0 Å². The van der Waals surface area contributed by atoms with Crippen LogP contribution >= 0.6 is 0 Å². The number of anilines is 1. The summed E-state index contributed by atoms with van der Waals surface area (Å²) in [5.74, 6) is 0.501. The molecule has 94 valence electrons. The Balaban J connectivity index is 2.86. The maximum atomic E-state index is 11.7. The summed E-state index contributed by atoms with van der Waals surface area (Å²) >= 11 is 0. The van der Waals surface area contributed by atoms with Gasteiger partial charge in [0.25, 0.3) is 5.91 Å². The molecule has 1 unspecified atom stereocenters. The fraction of sp³-hybridized carbons (Fsp3) is 0.462. The molecular weight excluding hydrogens is 218 g/mol. The number of amides is 1. The van der Waals surface area contributed by atoms with Crippen LogP contribution in [0.2, 0.25) is 0 Å². The second-order valence-electron chi connectivity index (χ2n) is 3.80. The number of aryl methyl sites for hydroxylation is 1. The van der Waals surface area contributed by atoms with E-state index in [4.69, 9.17) is 9.47 Å². The van der Waals surface area contributed by atoms with E-state index in [9.17, 15) is 4.79 Å². The highest BCUT2D eigenvalue weighted by atomic mass is 16.5. The van der Waals surface area contributed by atoms with Gasteiger partial charge in [0.2, 0.25) is 0 Å². The lowest BCUT2D eigenvalue weighted by molar-refractivity contribution is -0.124. The minimum atomic E-state index is -0.481. The third-order valence-corrected chi connectivity index (χ3v) is 2.42. The average Bonchev–Trinajstić information content (AvgIpc) is 2.31. The second-order valence-corrected chi connectivity index (χ2v) is 3.80. The molecule has 1 amide bonds. The number of methoxy groups -OCH3 is 1. The van der Waals surface area contributed by atoms with E-state index in [1.54, 1.807) is 6.92 Å². The van der Waals surface area contributed by atoms with Crippen molar-refractivity contribution in [1.82, 2.24) is 0 Å². The summed E-state index contributed by atoms with van der Waals surface area (Å²) in [5.41, 5.74) is 1.76. The van der Waals surface area contributed by atoms with E-state index in [2.05, 4.69) is 5.32 Å². The Hall–Kier alpha value is -1.55. The van der Waals surface area contributed by atoms with Crippen molar-refractivity contribution < 1.29 is 14.3 Å². The minimum absolute atomic E-state index is 0.183. The SMILES string of the molecule is CCOc1cc(C)ccc1NC(=O)C(C)OC. The van der Waals surface area contributed by atoms with E-state index < -0.39 is 6.10 Å². The Morgan fingerprint density at radius 1 is 1.47 bits per heavy atom. The lowest BCUT2D eigenvalue weighted by atomic mass is 10.2. The first-order valence-electron chi connectivity index (χ1n) is 5.65. The molecule has 0 aliphatic rings. The highest BCUT2D eigenvalue weighted by molar-refractivity contribution is 5.95. The number of rotatable bonds is 5. The standard InChI is InChI=1S/C13H19NO3/c1-5-17-12-8-9(2)6-7-11(12)14-13(15)10(3)16-4/h6-8,10H,5H2,1-4H3,(H,14,15). The van der Waals surface area contributed by atoms with Gasteiger partial charge >= 0.3 is 0 Å². The Labute approximate surface area is 102 Å².